The number of benzene rings is 2. The lowest BCUT2D eigenvalue weighted by atomic mass is 10.0. The molecule has 0 bridgehead atoms. The first-order valence-corrected chi connectivity index (χ1v) is 10.9. The second-order valence-corrected chi connectivity index (χ2v) is 9.24. The lowest BCUT2D eigenvalue weighted by Gasteiger charge is -2.35. The molecule has 152 valence electrons. The Hall–Kier alpha value is -3.40. The molecule has 0 fully saturated rings. The Bertz CT molecular complexity index is 1350. The fourth-order valence-corrected chi connectivity index (χ4v) is 4.93. The van der Waals surface area contributed by atoms with E-state index in [0.717, 1.165) is 11.1 Å². The van der Waals surface area contributed by atoms with E-state index in [4.69, 9.17) is 5.73 Å². The minimum absolute atomic E-state index is 0.113. The first kappa shape index (κ1) is 18.6. The van der Waals surface area contributed by atoms with Crippen LogP contribution in [0.4, 0.5) is 11.6 Å². The third-order valence-corrected chi connectivity index (χ3v) is 7.03. The minimum atomic E-state index is -2.87. The first-order valence-electron chi connectivity index (χ1n) is 9.22. The molecule has 4 aromatic rings. The summed E-state index contributed by atoms with van der Waals surface area (Å²) in [4.78, 5) is 22.0. The number of hydrogen-bond donors (Lipinski definition) is 3. The van der Waals surface area contributed by atoms with Crippen LogP contribution in [0.25, 0.3) is 27.7 Å². The summed E-state index contributed by atoms with van der Waals surface area (Å²) < 4.78 is 23.1. The van der Waals surface area contributed by atoms with Crippen molar-refractivity contribution in [2.45, 2.75) is 5.75 Å². The number of nitrogens with zero attached hydrogens (tertiary/aromatic N) is 4. The van der Waals surface area contributed by atoms with Crippen LogP contribution in [0.3, 0.4) is 0 Å². The molecule has 8 nitrogen and oxygen atoms in total. The van der Waals surface area contributed by atoms with Crippen molar-refractivity contribution in [3.05, 3.63) is 76.8 Å². The molecule has 0 amide bonds. The molecule has 1 aliphatic rings. The number of nitrogen functional groups attached to an aromatic ring is 1. The monoisotopic (exact) mass is 421 g/mol. The van der Waals surface area contributed by atoms with Crippen molar-refractivity contribution in [3.63, 3.8) is 0 Å². The molecule has 4 N–H and O–H groups in total. The highest BCUT2D eigenvalue weighted by atomic mass is 32.3. The van der Waals surface area contributed by atoms with Crippen LogP contribution in [-0.4, -0.2) is 30.7 Å². The van der Waals surface area contributed by atoms with Gasteiger partial charge >= 0.3 is 0 Å². The standard InChI is InChI=1S/C21H19N5O3S/c1-25-19-10-14(11-23-18(19)12-30(25,28)29)13-7-8-17-16(9-13)20(27)26(21(22)24-17)15-5-3-2-4-6-15/h2-11,28-29H,12H2,1H3,(H2,22,24). The van der Waals surface area contributed by atoms with Gasteiger partial charge in [0.1, 0.15) is 5.75 Å². The number of fused-ring (bicyclic) bond motifs is 2. The Kier molecular flexibility index (Phi) is 4.07. The number of para-hydroxylation sites is 1. The van der Waals surface area contributed by atoms with Crippen LogP contribution in [0.1, 0.15) is 5.69 Å². The van der Waals surface area contributed by atoms with Crippen molar-refractivity contribution >= 4 is 33.3 Å². The molecule has 0 saturated heterocycles. The topological polar surface area (TPSA) is 118 Å². The number of aromatic nitrogens is 3. The maximum absolute atomic E-state index is 13.2. The molecule has 0 unspecified atom stereocenters. The molecule has 2 aromatic heterocycles. The zero-order chi connectivity index (χ0) is 21.0. The summed E-state index contributed by atoms with van der Waals surface area (Å²) in [5, 5.41) is 0.434. The van der Waals surface area contributed by atoms with Crippen molar-refractivity contribution in [2.75, 3.05) is 17.1 Å². The Morgan fingerprint density at radius 1 is 1.07 bits per heavy atom. The van der Waals surface area contributed by atoms with E-state index in [2.05, 4.69) is 9.97 Å². The van der Waals surface area contributed by atoms with Gasteiger partial charge in [0, 0.05) is 18.8 Å². The van der Waals surface area contributed by atoms with E-state index in [1.54, 1.807) is 37.5 Å². The van der Waals surface area contributed by atoms with Gasteiger partial charge in [0.25, 0.3) is 5.56 Å². The molecule has 5 rings (SSSR count). The van der Waals surface area contributed by atoms with E-state index >= 15 is 0 Å². The van der Waals surface area contributed by atoms with Gasteiger partial charge in [-0.05, 0) is 35.9 Å². The largest absolute Gasteiger partial charge is 0.369 e. The Labute approximate surface area is 173 Å². The van der Waals surface area contributed by atoms with E-state index in [-0.39, 0.29) is 17.3 Å². The maximum Gasteiger partial charge on any atom is 0.267 e. The van der Waals surface area contributed by atoms with Gasteiger partial charge in [-0.15, -0.1) is 10.8 Å². The average Bonchev–Trinajstić information content (AvgIpc) is 2.97. The van der Waals surface area contributed by atoms with Gasteiger partial charge in [0.15, 0.2) is 0 Å². The predicted molar refractivity (Wildman–Crippen MR) is 120 cm³/mol. The fourth-order valence-electron chi connectivity index (χ4n) is 3.67. The SMILES string of the molecule is CN1c2cc(-c3ccc4nc(N)n(-c5ccccc5)c(=O)c4c3)cnc2CS1(O)O. The highest BCUT2D eigenvalue weighted by Gasteiger charge is 2.32. The Morgan fingerprint density at radius 3 is 2.60 bits per heavy atom. The molecule has 0 radical (unpaired) electrons. The highest BCUT2D eigenvalue weighted by Crippen LogP contribution is 2.55. The van der Waals surface area contributed by atoms with Crippen LogP contribution >= 0.6 is 10.8 Å². The predicted octanol–water partition coefficient (Wildman–Crippen LogP) is 3.65. The molecule has 0 saturated carbocycles. The second kappa shape index (κ2) is 6.56. The second-order valence-electron chi connectivity index (χ2n) is 7.14. The summed E-state index contributed by atoms with van der Waals surface area (Å²) in [6.07, 6.45) is 1.68. The van der Waals surface area contributed by atoms with Crippen LogP contribution in [0.5, 0.6) is 0 Å². The van der Waals surface area contributed by atoms with Gasteiger partial charge in [-0.3, -0.25) is 23.2 Å². The molecular formula is C21H19N5O3S. The summed E-state index contributed by atoms with van der Waals surface area (Å²) in [5.41, 5.74) is 9.81. The van der Waals surface area contributed by atoms with Crippen LogP contribution in [0.15, 0.2) is 65.6 Å². The van der Waals surface area contributed by atoms with Crippen LogP contribution in [-0.2, 0) is 5.75 Å². The molecule has 0 spiro atoms. The lowest BCUT2D eigenvalue weighted by Crippen LogP contribution is -2.23. The Balaban J connectivity index is 1.66. The Morgan fingerprint density at radius 2 is 1.83 bits per heavy atom. The summed E-state index contributed by atoms with van der Waals surface area (Å²) in [6.45, 7) is 0. The first-order chi connectivity index (χ1) is 14.3. The molecular weight excluding hydrogens is 402 g/mol. The van der Waals surface area contributed by atoms with Gasteiger partial charge in [-0.2, -0.15) is 0 Å². The molecule has 2 aromatic carbocycles. The number of rotatable bonds is 2. The van der Waals surface area contributed by atoms with E-state index in [0.29, 0.717) is 28.0 Å². The summed E-state index contributed by atoms with van der Waals surface area (Å²) in [6, 6.07) is 16.3. The van der Waals surface area contributed by atoms with Gasteiger partial charge in [-0.1, -0.05) is 24.3 Å². The van der Waals surface area contributed by atoms with Crippen LogP contribution in [0.2, 0.25) is 0 Å². The average molecular weight is 421 g/mol. The van der Waals surface area contributed by atoms with Crippen molar-refractivity contribution in [2.24, 2.45) is 0 Å². The smallest absolute Gasteiger partial charge is 0.267 e. The van der Waals surface area contributed by atoms with E-state index < -0.39 is 10.8 Å². The zero-order valence-corrected chi connectivity index (χ0v) is 16.9. The molecule has 9 heteroatoms. The third kappa shape index (κ3) is 2.83. The van der Waals surface area contributed by atoms with Crippen molar-refractivity contribution in [1.82, 2.24) is 14.5 Å². The highest BCUT2D eigenvalue weighted by molar-refractivity contribution is 8.25. The zero-order valence-electron chi connectivity index (χ0n) is 16.1. The molecule has 0 aliphatic carbocycles. The van der Waals surface area contributed by atoms with Gasteiger partial charge in [0.2, 0.25) is 5.95 Å². The number of hydrogen-bond acceptors (Lipinski definition) is 7. The van der Waals surface area contributed by atoms with E-state index in [1.807, 2.05) is 30.3 Å². The molecule has 30 heavy (non-hydrogen) atoms. The number of anilines is 2. The van der Waals surface area contributed by atoms with Crippen molar-refractivity contribution < 1.29 is 9.11 Å². The van der Waals surface area contributed by atoms with Gasteiger partial charge < -0.3 is 5.73 Å². The third-order valence-electron chi connectivity index (χ3n) is 5.30. The molecule has 1 aliphatic heterocycles. The van der Waals surface area contributed by atoms with E-state index in [1.165, 1.54) is 8.87 Å². The van der Waals surface area contributed by atoms with Gasteiger partial charge in [-0.25, -0.2) is 9.55 Å². The summed E-state index contributed by atoms with van der Waals surface area (Å²) in [7, 11) is -1.23. The van der Waals surface area contributed by atoms with Crippen molar-refractivity contribution in [1.29, 1.82) is 0 Å². The number of pyridine rings is 1. The summed E-state index contributed by atoms with van der Waals surface area (Å²) in [5.74, 6) is 0.236. The molecule has 3 heterocycles. The quantitative estimate of drug-likeness (QED) is 0.452. The maximum atomic E-state index is 13.2. The van der Waals surface area contributed by atoms with E-state index in [9.17, 15) is 13.9 Å². The van der Waals surface area contributed by atoms with Crippen LogP contribution in [0, 0.1) is 0 Å². The normalized spacial score (nSPS) is 15.9. The van der Waals surface area contributed by atoms with Crippen LogP contribution < -0.4 is 15.6 Å². The summed E-state index contributed by atoms with van der Waals surface area (Å²) >= 11 is 0. The number of nitrogens with two attached hydrogens (primary N) is 1. The fraction of sp³-hybridized carbons (Fsp3) is 0.0952. The minimum Gasteiger partial charge on any atom is -0.369 e. The molecule has 0 atom stereocenters. The van der Waals surface area contributed by atoms with Crippen molar-refractivity contribution in [3.8, 4) is 16.8 Å². The van der Waals surface area contributed by atoms with Gasteiger partial charge in [0.05, 0.1) is 28.0 Å². The lowest BCUT2D eigenvalue weighted by molar-refractivity contribution is 0.487.